The standard InChI is InChI=1S/C14H19NO3/c1-10-2-3-12(11(8-10)13(17)18)15-9-14(4-5-14)6-7-16/h2-3,8,15-16H,4-7,9H2,1H3,(H,17,18). The van der Waals surface area contributed by atoms with Crippen LogP contribution in [0.4, 0.5) is 5.69 Å². The van der Waals surface area contributed by atoms with Crippen molar-refractivity contribution in [3.63, 3.8) is 0 Å². The predicted molar refractivity (Wildman–Crippen MR) is 70.0 cm³/mol. The number of aliphatic hydroxyl groups excluding tert-OH is 1. The molecule has 0 unspecified atom stereocenters. The van der Waals surface area contributed by atoms with Crippen LogP contribution in [0.5, 0.6) is 0 Å². The first kappa shape index (κ1) is 12.9. The second-order valence-corrected chi connectivity index (χ2v) is 5.18. The Morgan fingerprint density at radius 2 is 2.17 bits per heavy atom. The number of hydrogen-bond donors (Lipinski definition) is 3. The Morgan fingerprint density at radius 3 is 2.72 bits per heavy atom. The van der Waals surface area contributed by atoms with Crippen LogP contribution in [-0.2, 0) is 0 Å². The summed E-state index contributed by atoms with van der Waals surface area (Å²) in [6, 6.07) is 5.39. The van der Waals surface area contributed by atoms with E-state index in [0.717, 1.165) is 31.4 Å². The largest absolute Gasteiger partial charge is 0.478 e. The van der Waals surface area contributed by atoms with Crippen LogP contribution in [-0.4, -0.2) is 29.3 Å². The lowest BCUT2D eigenvalue weighted by Crippen LogP contribution is -2.18. The van der Waals surface area contributed by atoms with Crippen molar-refractivity contribution in [3.8, 4) is 0 Å². The van der Waals surface area contributed by atoms with E-state index in [1.807, 2.05) is 19.1 Å². The molecule has 1 aliphatic rings. The van der Waals surface area contributed by atoms with E-state index in [1.165, 1.54) is 0 Å². The number of rotatable bonds is 6. The monoisotopic (exact) mass is 249 g/mol. The van der Waals surface area contributed by atoms with E-state index in [1.54, 1.807) is 6.07 Å². The summed E-state index contributed by atoms with van der Waals surface area (Å²) in [4.78, 5) is 11.2. The lowest BCUT2D eigenvalue weighted by molar-refractivity contribution is 0.0697. The molecule has 0 spiro atoms. The van der Waals surface area contributed by atoms with Gasteiger partial charge in [-0.15, -0.1) is 0 Å². The van der Waals surface area contributed by atoms with Crippen LogP contribution in [0.3, 0.4) is 0 Å². The molecule has 4 nitrogen and oxygen atoms in total. The average Bonchev–Trinajstić information content (AvgIpc) is 3.08. The first-order chi connectivity index (χ1) is 8.56. The number of aliphatic hydroxyl groups is 1. The molecule has 3 N–H and O–H groups in total. The van der Waals surface area contributed by atoms with Gasteiger partial charge < -0.3 is 15.5 Å². The smallest absolute Gasteiger partial charge is 0.337 e. The molecule has 0 atom stereocenters. The van der Waals surface area contributed by atoms with E-state index in [9.17, 15) is 4.79 Å². The van der Waals surface area contributed by atoms with Crippen LogP contribution in [0.2, 0.25) is 0 Å². The molecular formula is C14H19NO3. The lowest BCUT2D eigenvalue weighted by Gasteiger charge is -2.17. The molecule has 1 aromatic carbocycles. The highest BCUT2D eigenvalue weighted by atomic mass is 16.4. The Bertz CT molecular complexity index is 452. The van der Waals surface area contributed by atoms with Crippen LogP contribution in [0.15, 0.2) is 18.2 Å². The maximum Gasteiger partial charge on any atom is 0.337 e. The number of anilines is 1. The van der Waals surface area contributed by atoms with Gasteiger partial charge in [-0.2, -0.15) is 0 Å². The number of carbonyl (C=O) groups is 1. The van der Waals surface area contributed by atoms with E-state index < -0.39 is 5.97 Å². The quantitative estimate of drug-likeness (QED) is 0.723. The SMILES string of the molecule is Cc1ccc(NCC2(CCO)CC2)c(C(=O)O)c1. The first-order valence-electron chi connectivity index (χ1n) is 6.25. The second-order valence-electron chi connectivity index (χ2n) is 5.18. The van der Waals surface area contributed by atoms with E-state index in [4.69, 9.17) is 10.2 Å². The van der Waals surface area contributed by atoms with Crippen LogP contribution in [0, 0.1) is 12.3 Å². The molecule has 1 aromatic rings. The summed E-state index contributed by atoms with van der Waals surface area (Å²) in [5.74, 6) is -0.909. The Balaban J connectivity index is 2.07. The summed E-state index contributed by atoms with van der Waals surface area (Å²) in [6.45, 7) is 2.81. The molecule has 2 rings (SSSR count). The van der Waals surface area contributed by atoms with Gasteiger partial charge in [-0.05, 0) is 43.7 Å². The third kappa shape index (κ3) is 2.82. The molecule has 0 amide bonds. The van der Waals surface area contributed by atoms with E-state index >= 15 is 0 Å². The van der Waals surface area contributed by atoms with Gasteiger partial charge in [-0.3, -0.25) is 0 Å². The number of hydrogen-bond acceptors (Lipinski definition) is 3. The van der Waals surface area contributed by atoms with Crippen molar-refractivity contribution < 1.29 is 15.0 Å². The maximum absolute atomic E-state index is 11.2. The summed E-state index contributed by atoms with van der Waals surface area (Å²) in [5.41, 5.74) is 2.09. The number of nitrogens with one attached hydrogen (secondary N) is 1. The molecule has 0 bridgehead atoms. The number of carboxylic acid groups (broad SMARTS) is 1. The topological polar surface area (TPSA) is 69.6 Å². The number of carboxylic acids is 1. The van der Waals surface area contributed by atoms with Gasteiger partial charge >= 0.3 is 5.97 Å². The molecule has 4 heteroatoms. The van der Waals surface area contributed by atoms with Crippen molar-refractivity contribution in [1.29, 1.82) is 0 Å². The zero-order valence-corrected chi connectivity index (χ0v) is 10.6. The Morgan fingerprint density at radius 1 is 1.44 bits per heavy atom. The third-order valence-electron chi connectivity index (χ3n) is 3.66. The zero-order valence-electron chi connectivity index (χ0n) is 10.6. The fraction of sp³-hybridized carbons (Fsp3) is 0.500. The van der Waals surface area contributed by atoms with E-state index in [2.05, 4.69) is 5.32 Å². The highest BCUT2D eigenvalue weighted by Crippen LogP contribution is 2.48. The van der Waals surface area contributed by atoms with Gasteiger partial charge in [0, 0.05) is 18.8 Å². The molecule has 0 radical (unpaired) electrons. The lowest BCUT2D eigenvalue weighted by atomic mass is 10.0. The summed E-state index contributed by atoms with van der Waals surface area (Å²) in [6.07, 6.45) is 3.00. The minimum absolute atomic E-state index is 0.176. The van der Waals surface area contributed by atoms with E-state index in [-0.39, 0.29) is 12.0 Å². The highest BCUT2D eigenvalue weighted by molar-refractivity contribution is 5.94. The van der Waals surface area contributed by atoms with Crippen molar-refractivity contribution in [2.45, 2.75) is 26.2 Å². The fourth-order valence-electron chi connectivity index (χ4n) is 2.20. The van der Waals surface area contributed by atoms with Crippen molar-refractivity contribution in [1.82, 2.24) is 0 Å². The Labute approximate surface area is 107 Å². The number of benzene rings is 1. The van der Waals surface area contributed by atoms with E-state index in [0.29, 0.717) is 11.3 Å². The van der Waals surface area contributed by atoms with Crippen molar-refractivity contribution in [3.05, 3.63) is 29.3 Å². The highest BCUT2D eigenvalue weighted by Gasteiger charge is 2.41. The van der Waals surface area contributed by atoms with Gasteiger partial charge in [0.25, 0.3) is 0 Å². The zero-order chi connectivity index (χ0) is 13.2. The summed E-state index contributed by atoms with van der Waals surface area (Å²) in [5, 5.41) is 21.4. The van der Waals surface area contributed by atoms with Gasteiger partial charge in [0.05, 0.1) is 5.56 Å². The van der Waals surface area contributed by atoms with Crippen LogP contribution in [0.25, 0.3) is 0 Å². The summed E-state index contributed by atoms with van der Waals surface area (Å²) >= 11 is 0. The van der Waals surface area contributed by atoms with Crippen molar-refractivity contribution >= 4 is 11.7 Å². The summed E-state index contributed by atoms with van der Waals surface area (Å²) in [7, 11) is 0. The molecule has 1 saturated carbocycles. The molecule has 1 aliphatic carbocycles. The number of aryl methyl sites for hydroxylation is 1. The molecule has 1 fully saturated rings. The molecule has 0 saturated heterocycles. The first-order valence-corrected chi connectivity index (χ1v) is 6.25. The maximum atomic E-state index is 11.2. The minimum atomic E-state index is -0.909. The molecule has 0 aliphatic heterocycles. The minimum Gasteiger partial charge on any atom is -0.478 e. The normalized spacial score (nSPS) is 16.3. The van der Waals surface area contributed by atoms with Gasteiger partial charge in [0.1, 0.15) is 0 Å². The van der Waals surface area contributed by atoms with Gasteiger partial charge in [0.2, 0.25) is 0 Å². The fourth-order valence-corrected chi connectivity index (χ4v) is 2.20. The molecule has 98 valence electrons. The predicted octanol–water partition coefficient (Wildman–Crippen LogP) is 2.27. The Hall–Kier alpha value is -1.55. The van der Waals surface area contributed by atoms with Crippen LogP contribution in [0.1, 0.15) is 35.2 Å². The summed E-state index contributed by atoms with van der Waals surface area (Å²) < 4.78 is 0. The van der Waals surface area contributed by atoms with Crippen molar-refractivity contribution in [2.24, 2.45) is 5.41 Å². The van der Waals surface area contributed by atoms with Gasteiger partial charge in [-0.1, -0.05) is 11.6 Å². The average molecular weight is 249 g/mol. The van der Waals surface area contributed by atoms with Crippen LogP contribution >= 0.6 is 0 Å². The van der Waals surface area contributed by atoms with Gasteiger partial charge in [-0.25, -0.2) is 4.79 Å². The van der Waals surface area contributed by atoms with Gasteiger partial charge in [0.15, 0.2) is 0 Å². The van der Waals surface area contributed by atoms with Crippen molar-refractivity contribution in [2.75, 3.05) is 18.5 Å². The number of aromatic carboxylic acids is 1. The third-order valence-corrected chi connectivity index (χ3v) is 3.66. The molecule has 0 aromatic heterocycles. The molecule has 0 heterocycles. The molecule has 18 heavy (non-hydrogen) atoms. The Kier molecular flexibility index (Phi) is 3.57. The second kappa shape index (κ2) is 4.98. The van der Waals surface area contributed by atoms with Crippen LogP contribution < -0.4 is 5.32 Å². The molecular weight excluding hydrogens is 230 g/mol.